The van der Waals surface area contributed by atoms with Crippen LogP contribution in [0.5, 0.6) is 5.75 Å². The Morgan fingerprint density at radius 2 is 2.12 bits per heavy atom. The summed E-state index contributed by atoms with van der Waals surface area (Å²) in [6, 6.07) is 5.65. The summed E-state index contributed by atoms with van der Waals surface area (Å²) >= 11 is 0. The van der Waals surface area contributed by atoms with Crippen molar-refractivity contribution in [2.24, 2.45) is 0 Å². The van der Waals surface area contributed by atoms with Crippen LogP contribution in [0, 0.1) is 6.92 Å². The zero-order valence-electron chi connectivity index (χ0n) is 19.4. The summed E-state index contributed by atoms with van der Waals surface area (Å²) in [7, 11) is 3.26. The van der Waals surface area contributed by atoms with Crippen LogP contribution in [-0.4, -0.2) is 54.3 Å². The fraction of sp³-hybridized carbons (Fsp3) is 0.391. The van der Waals surface area contributed by atoms with Crippen molar-refractivity contribution in [3.8, 4) is 17.1 Å². The quantitative estimate of drug-likeness (QED) is 0.529. The fourth-order valence-corrected chi connectivity index (χ4v) is 3.71. The molecule has 2 aromatic heterocycles. The van der Waals surface area contributed by atoms with E-state index in [1.165, 1.54) is 0 Å². The summed E-state index contributed by atoms with van der Waals surface area (Å²) < 4.78 is 16.6. The van der Waals surface area contributed by atoms with Crippen LogP contribution in [0.25, 0.3) is 11.3 Å². The van der Waals surface area contributed by atoms with Gasteiger partial charge in [-0.2, -0.15) is 4.98 Å². The van der Waals surface area contributed by atoms with Gasteiger partial charge in [-0.1, -0.05) is 6.92 Å². The summed E-state index contributed by atoms with van der Waals surface area (Å²) in [5, 5.41) is 6.19. The van der Waals surface area contributed by atoms with Crippen molar-refractivity contribution in [3.05, 3.63) is 36.0 Å². The zero-order chi connectivity index (χ0) is 23.5. The molecule has 0 spiro atoms. The number of oxazole rings is 1. The number of rotatable bonds is 8. The molecule has 0 bridgehead atoms. The molecular weight excluding hydrogens is 424 g/mol. The van der Waals surface area contributed by atoms with Crippen molar-refractivity contribution in [2.75, 3.05) is 42.8 Å². The SMILES string of the molecule is CCc1nc(Nc2ccc(-c3cnc(C)o3)c(OC)c2)nc2c1NC(=O)CN2CC(C)OC. The topological polar surface area (TPSA) is 115 Å². The number of benzene rings is 1. The number of aromatic nitrogens is 3. The number of amides is 1. The lowest BCUT2D eigenvalue weighted by Crippen LogP contribution is -2.43. The van der Waals surface area contributed by atoms with E-state index in [2.05, 4.69) is 20.6 Å². The normalized spacial score (nSPS) is 14.0. The molecule has 4 rings (SSSR count). The first-order valence-electron chi connectivity index (χ1n) is 10.8. The smallest absolute Gasteiger partial charge is 0.244 e. The van der Waals surface area contributed by atoms with E-state index in [1.807, 2.05) is 36.9 Å². The van der Waals surface area contributed by atoms with E-state index in [0.29, 0.717) is 47.8 Å². The Morgan fingerprint density at radius 1 is 1.30 bits per heavy atom. The lowest BCUT2D eigenvalue weighted by molar-refractivity contribution is -0.115. The molecule has 1 unspecified atom stereocenters. The molecule has 33 heavy (non-hydrogen) atoms. The summed E-state index contributed by atoms with van der Waals surface area (Å²) in [4.78, 5) is 27.7. The van der Waals surface area contributed by atoms with E-state index in [0.717, 1.165) is 16.9 Å². The molecule has 0 fully saturated rings. The van der Waals surface area contributed by atoms with Crippen LogP contribution in [0.1, 0.15) is 25.4 Å². The standard InChI is InChI=1S/C23H28N6O4/c1-6-17-21-22(29(11-13(2)31-4)12-20(30)27-21)28-23(26-17)25-15-7-8-16(18(9-15)32-5)19-10-24-14(3)33-19/h7-10,13H,6,11-12H2,1-5H3,(H,27,30)(H,25,26,28). The third-order valence-corrected chi connectivity index (χ3v) is 5.42. The molecule has 0 radical (unpaired) electrons. The summed E-state index contributed by atoms with van der Waals surface area (Å²) in [5.74, 6) is 2.87. The molecule has 0 saturated heterocycles. The largest absolute Gasteiger partial charge is 0.496 e. The Morgan fingerprint density at radius 3 is 2.79 bits per heavy atom. The van der Waals surface area contributed by atoms with Crippen LogP contribution in [-0.2, 0) is 16.0 Å². The van der Waals surface area contributed by atoms with Crippen LogP contribution < -0.4 is 20.3 Å². The Bertz CT molecular complexity index is 1160. The average molecular weight is 453 g/mol. The molecule has 1 aliphatic rings. The van der Waals surface area contributed by atoms with Crippen LogP contribution >= 0.6 is 0 Å². The molecule has 174 valence electrons. The van der Waals surface area contributed by atoms with Gasteiger partial charge in [-0.3, -0.25) is 4.79 Å². The maximum atomic E-state index is 12.3. The van der Waals surface area contributed by atoms with Crippen LogP contribution in [0.2, 0.25) is 0 Å². The van der Waals surface area contributed by atoms with Crippen LogP contribution in [0.3, 0.4) is 0 Å². The Kier molecular flexibility index (Phi) is 6.45. The molecule has 1 aliphatic heterocycles. The highest BCUT2D eigenvalue weighted by Gasteiger charge is 2.28. The van der Waals surface area contributed by atoms with E-state index in [4.69, 9.17) is 18.9 Å². The first-order valence-corrected chi connectivity index (χ1v) is 10.8. The van der Waals surface area contributed by atoms with Gasteiger partial charge < -0.3 is 29.4 Å². The van der Waals surface area contributed by atoms with Gasteiger partial charge in [-0.15, -0.1) is 0 Å². The highest BCUT2D eigenvalue weighted by Crippen LogP contribution is 2.35. The third-order valence-electron chi connectivity index (χ3n) is 5.42. The van der Waals surface area contributed by atoms with Gasteiger partial charge in [-0.25, -0.2) is 9.97 Å². The van der Waals surface area contributed by atoms with Gasteiger partial charge in [0, 0.05) is 32.3 Å². The number of methoxy groups -OCH3 is 2. The minimum absolute atomic E-state index is 0.0586. The van der Waals surface area contributed by atoms with Gasteiger partial charge in [-0.05, 0) is 25.5 Å². The van der Waals surface area contributed by atoms with Gasteiger partial charge in [0.2, 0.25) is 11.9 Å². The number of carbonyl (C=O) groups is 1. The molecule has 10 heteroatoms. The number of hydrogen-bond donors (Lipinski definition) is 2. The molecule has 10 nitrogen and oxygen atoms in total. The Hall–Kier alpha value is -3.66. The van der Waals surface area contributed by atoms with Crippen LogP contribution in [0.15, 0.2) is 28.8 Å². The Labute approximate surface area is 192 Å². The van der Waals surface area contributed by atoms with E-state index in [1.54, 1.807) is 27.3 Å². The number of anilines is 4. The van der Waals surface area contributed by atoms with Gasteiger partial charge in [0.1, 0.15) is 11.4 Å². The fourth-order valence-electron chi connectivity index (χ4n) is 3.71. The number of nitrogens with one attached hydrogen (secondary N) is 2. The second-order valence-corrected chi connectivity index (χ2v) is 7.80. The van der Waals surface area contributed by atoms with Gasteiger partial charge in [0.15, 0.2) is 17.5 Å². The summed E-state index contributed by atoms with van der Waals surface area (Å²) in [5.41, 5.74) is 2.96. The Balaban J connectivity index is 1.67. The predicted octanol–water partition coefficient (Wildman–Crippen LogP) is 3.55. The predicted molar refractivity (Wildman–Crippen MR) is 125 cm³/mol. The van der Waals surface area contributed by atoms with E-state index >= 15 is 0 Å². The first kappa shape index (κ1) is 22.5. The van der Waals surface area contributed by atoms with Gasteiger partial charge >= 0.3 is 0 Å². The monoisotopic (exact) mass is 452 g/mol. The number of aryl methyl sites for hydroxylation is 2. The van der Waals surface area contributed by atoms with Crippen molar-refractivity contribution < 1.29 is 18.7 Å². The maximum absolute atomic E-state index is 12.3. The molecule has 0 saturated carbocycles. The summed E-state index contributed by atoms with van der Waals surface area (Å²) in [6.45, 7) is 6.49. The molecule has 0 aliphatic carbocycles. The van der Waals surface area contributed by atoms with Crippen molar-refractivity contribution in [2.45, 2.75) is 33.3 Å². The second-order valence-electron chi connectivity index (χ2n) is 7.80. The van der Waals surface area contributed by atoms with Gasteiger partial charge in [0.05, 0.1) is 37.2 Å². The third kappa shape index (κ3) is 4.75. The van der Waals surface area contributed by atoms with Crippen molar-refractivity contribution in [3.63, 3.8) is 0 Å². The molecule has 1 atom stereocenters. The van der Waals surface area contributed by atoms with E-state index in [9.17, 15) is 4.79 Å². The minimum atomic E-state index is -0.0900. The zero-order valence-corrected chi connectivity index (χ0v) is 19.4. The van der Waals surface area contributed by atoms with Crippen molar-refractivity contribution in [1.82, 2.24) is 15.0 Å². The minimum Gasteiger partial charge on any atom is -0.496 e. The number of ether oxygens (including phenoxy) is 2. The molecule has 1 aromatic carbocycles. The number of nitrogens with zero attached hydrogens (tertiary/aromatic N) is 4. The molecule has 1 amide bonds. The number of hydrogen-bond acceptors (Lipinski definition) is 9. The van der Waals surface area contributed by atoms with E-state index in [-0.39, 0.29) is 18.6 Å². The van der Waals surface area contributed by atoms with E-state index < -0.39 is 0 Å². The number of fused-ring (bicyclic) bond motifs is 1. The van der Waals surface area contributed by atoms with Crippen molar-refractivity contribution in [1.29, 1.82) is 0 Å². The molecule has 3 heterocycles. The summed E-state index contributed by atoms with van der Waals surface area (Å²) in [6.07, 6.45) is 2.25. The van der Waals surface area contributed by atoms with Gasteiger partial charge in [0.25, 0.3) is 0 Å². The first-order chi connectivity index (χ1) is 15.9. The van der Waals surface area contributed by atoms with Crippen molar-refractivity contribution >= 4 is 29.0 Å². The highest BCUT2D eigenvalue weighted by atomic mass is 16.5. The number of carbonyl (C=O) groups excluding carboxylic acids is 1. The average Bonchev–Trinajstić information content (AvgIpc) is 3.24. The highest BCUT2D eigenvalue weighted by molar-refractivity contribution is 6.01. The molecule has 2 N–H and O–H groups in total. The maximum Gasteiger partial charge on any atom is 0.244 e. The molecule has 3 aromatic rings. The molecular formula is C23H28N6O4. The second kappa shape index (κ2) is 9.45. The lowest BCUT2D eigenvalue weighted by atomic mass is 10.1. The van der Waals surface area contributed by atoms with Crippen LogP contribution in [0.4, 0.5) is 23.1 Å². The lowest BCUT2D eigenvalue weighted by Gasteiger charge is -2.32.